The Balaban J connectivity index is 1.61. The summed E-state index contributed by atoms with van der Waals surface area (Å²) >= 11 is 0. The van der Waals surface area contributed by atoms with Gasteiger partial charge in [0, 0.05) is 12.0 Å². The Morgan fingerprint density at radius 1 is 1.11 bits per heavy atom. The van der Waals surface area contributed by atoms with Crippen LogP contribution in [0.4, 0.5) is 0 Å². The van der Waals surface area contributed by atoms with Crippen LogP contribution in [-0.2, 0) is 10.0 Å². The molecule has 2 aliphatic rings. The monoisotopic (exact) mass is 280 g/mol. The van der Waals surface area contributed by atoms with Gasteiger partial charge < -0.3 is 5.32 Å². The van der Waals surface area contributed by atoms with Crippen LogP contribution in [0.2, 0.25) is 0 Å². The second-order valence-electron chi connectivity index (χ2n) is 5.47. The molecule has 2 N–H and O–H groups in total. The van der Waals surface area contributed by atoms with E-state index < -0.39 is 10.0 Å². The topological polar surface area (TPSA) is 58.2 Å². The normalized spacial score (nSPS) is 28.2. The number of sulfonamides is 1. The van der Waals surface area contributed by atoms with E-state index in [1.165, 1.54) is 5.56 Å². The molecule has 1 saturated carbocycles. The molecule has 0 bridgehead atoms. The van der Waals surface area contributed by atoms with Crippen LogP contribution in [0.25, 0.3) is 0 Å². The zero-order chi connectivity index (χ0) is 13.3. The summed E-state index contributed by atoms with van der Waals surface area (Å²) in [6.07, 6.45) is 2.37. The molecule has 1 saturated heterocycles. The molecule has 1 aromatic carbocycles. The van der Waals surface area contributed by atoms with Gasteiger partial charge in [-0.1, -0.05) is 30.3 Å². The Hall–Kier alpha value is -0.910. The van der Waals surface area contributed by atoms with Crippen LogP contribution in [0.1, 0.15) is 30.7 Å². The van der Waals surface area contributed by atoms with Crippen molar-refractivity contribution in [1.82, 2.24) is 10.0 Å². The minimum absolute atomic E-state index is 0.0993. The molecule has 2 fully saturated rings. The van der Waals surface area contributed by atoms with Gasteiger partial charge in [-0.25, -0.2) is 13.1 Å². The van der Waals surface area contributed by atoms with Crippen LogP contribution in [0.15, 0.2) is 30.3 Å². The molecule has 2 atom stereocenters. The highest BCUT2D eigenvalue weighted by atomic mass is 32.2. The first-order chi connectivity index (χ1) is 9.17. The molecular formula is C14H20N2O2S. The summed E-state index contributed by atoms with van der Waals surface area (Å²) in [5.74, 6) is 0.359. The fourth-order valence-corrected chi connectivity index (χ4v) is 4.54. The molecule has 0 spiro atoms. The summed E-state index contributed by atoms with van der Waals surface area (Å²) in [6.45, 7) is 1.61. The maximum Gasteiger partial charge on any atom is 0.214 e. The van der Waals surface area contributed by atoms with Crippen LogP contribution in [0, 0.1) is 0 Å². The van der Waals surface area contributed by atoms with Crippen molar-refractivity contribution < 1.29 is 8.42 Å². The zero-order valence-electron chi connectivity index (χ0n) is 10.9. The minimum Gasteiger partial charge on any atom is -0.317 e. The van der Waals surface area contributed by atoms with Crippen molar-refractivity contribution in [3.8, 4) is 0 Å². The van der Waals surface area contributed by atoms with Crippen LogP contribution < -0.4 is 10.0 Å². The lowest BCUT2D eigenvalue weighted by Gasteiger charge is -2.23. The van der Waals surface area contributed by atoms with Crippen molar-refractivity contribution in [2.75, 3.05) is 13.1 Å². The molecular weight excluding hydrogens is 260 g/mol. The van der Waals surface area contributed by atoms with Gasteiger partial charge in [-0.15, -0.1) is 0 Å². The lowest BCUT2D eigenvalue weighted by atomic mass is 10.1. The van der Waals surface area contributed by atoms with Crippen molar-refractivity contribution in [3.63, 3.8) is 0 Å². The Morgan fingerprint density at radius 3 is 2.47 bits per heavy atom. The Kier molecular flexibility index (Phi) is 3.60. The summed E-state index contributed by atoms with van der Waals surface area (Å²) in [5, 5.41) is 2.98. The first kappa shape index (κ1) is 13.1. The van der Waals surface area contributed by atoms with Crippen LogP contribution >= 0.6 is 0 Å². The van der Waals surface area contributed by atoms with Gasteiger partial charge in [0.2, 0.25) is 10.0 Å². The Bertz CT molecular complexity index is 524. The lowest BCUT2D eigenvalue weighted by Crippen LogP contribution is -2.42. The third kappa shape index (κ3) is 2.99. The number of hydrogen-bond donors (Lipinski definition) is 2. The largest absolute Gasteiger partial charge is 0.317 e. The summed E-state index contributed by atoms with van der Waals surface area (Å²) in [7, 11) is -3.15. The first-order valence-corrected chi connectivity index (χ1v) is 8.48. The minimum atomic E-state index is -3.15. The van der Waals surface area contributed by atoms with Gasteiger partial charge in [0.15, 0.2) is 0 Å². The van der Waals surface area contributed by atoms with Gasteiger partial charge in [0.25, 0.3) is 0 Å². The van der Waals surface area contributed by atoms with Gasteiger partial charge in [0.1, 0.15) is 0 Å². The number of piperidine rings is 1. The van der Waals surface area contributed by atoms with E-state index in [0.29, 0.717) is 5.92 Å². The van der Waals surface area contributed by atoms with Crippen molar-refractivity contribution in [2.45, 2.75) is 36.5 Å². The van der Waals surface area contributed by atoms with E-state index in [-0.39, 0.29) is 11.3 Å². The molecule has 104 valence electrons. The lowest BCUT2D eigenvalue weighted by molar-refractivity contribution is 0.489. The molecule has 0 radical (unpaired) electrons. The third-order valence-corrected chi connectivity index (χ3v) is 6.04. The standard InChI is InChI=1S/C14H20N2O2S/c17-19(18,12-6-8-15-9-7-12)16-14-10-13(14)11-4-2-1-3-5-11/h1-5,12-16H,6-10H2. The van der Waals surface area contributed by atoms with Gasteiger partial charge in [-0.05, 0) is 37.9 Å². The van der Waals surface area contributed by atoms with Crippen molar-refractivity contribution in [3.05, 3.63) is 35.9 Å². The average molecular weight is 280 g/mol. The molecule has 0 aromatic heterocycles. The summed E-state index contributed by atoms with van der Waals surface area (Å²) in [5.41, 5.74) is 1.24. The van der Waals surface area contributed by atoms with Gasteiger partial charge in [0.05, 0.1) is 5.25 Å². The van der Waals surface area contributed by atoms with Crippen LogP contribution in [-0.4, -0.2) is 32.8 Å². The number of nitrogens with one attached hydrogen (secondary N) is 2. The number of rotatable bonds is 4. The second-order valence-corrected chi connectivity index (χ2v) is 7.46. The SMILES string of the molecule is O=S(=O)(NC1CC1c1ccccc1)C1CCNCC1. The highest BCUT2D eigenvalue weighted by Crippen LogP contribution is 2.41. The van der Waals surface area contributed by atoms with E-state index in [4.69, 9.17) is 0 Å². The van der Waals surface area contributed by atoms with E-state index >= 15 is 0 Å². The van der Waals surface area contributed by atoms with Crippen LogP contribution in [0.3, 0.4) is 0 Å². The molecule has 3 rings (SSSR count). The van der Waals surface area contributed by atoms with Crippen LogP contribution in [0.5, 0.6) is 0 Å². The predicted molar refractivity (Wildman–Crippen MR) is 75.5 cm³/mol. The molecule has 1 aliphatic heterocycles. The average Bonchev–Trinajstić information content (AvgIpc) is 3.19. The van der Waals surface area contributed by atoms with Gasteiger partial charge >= 0.3 is 0 Å². The fourth-order valence-electron chi connectivity index (χ4n) is 2.81. The Labute approximate surface area is 114 Å². The van der Waals surface area contributed by atoms with Crippen molar-refractivity contribution in [1.29, 1.82) is 0 Å². The van der Waals surface area contributed by atoms with E-state index in [2.05, 4.69) is 22.2 Å². The summed E-state index contributed by atoms with van der Waals surface area (Å²) in [4.78, 5) is 0. The molecule has 0 amide bonds. The molecule has 1 aliphatic carbocycles. The predicted octanol–water partition coefficient (Wildman–Crippen LogP) is 1.21. The summed E-state index contributed by atoms with van der Waals surface area (Å²) in [6, 6.07) is 10.2. The highest BCUT2D eigenvalue weighted by molar-refractivity contribution is 7.90. The Morgan fingerprint density at radius 2 is 1.79 bits per heavy atom. The van der Waals surface area contributed by atoms with E-state index in [9.17, 15) is 8.42 Å². The molecule has 19 heavy (non-hydrogen) atoms. The maximum absolute atomic E-state index is 12.3. The van der Waals surface area contributed by atoms with Crippen molar-refractivity contribution >= 4 is 10.0 Å². The quantitative estimate of drug-likeness (QED) is 0.871. The van der Waals surface area contributed by atoms with Gasteiger partial charge in [-0.2, -0.15) is 0 Å². The molecule has 2 unspecified atom stereocenters. The highest BCUT2D eigenvalue weighted by Gasteiger charge is 2.42. The molecule has 1 aromatic rings. The molecule has 5 heteroatoms. The summed E-state index contributed by atoms with van der Waals surface area (Å²) < 4.78 is 27.4. The first-order valence-electron chi connectivity index (χ1n) is 6.93. The maximum atomic E-state index is 12.3. The molecule has 1 heterocycles. The fraction of sp³-hybridized carbons (Fsp3) is 0.571. The second kappa shape index (κ2) is 5.23. The third-order valence-electron chi connectivity index (χ3n) is 4.06. The number of hydrogen-bond acceptors (Lipinski definition) is 3. The van der Waals surface area contributed by atoms with E-state index in [1.54, 1.807) is 0 Å². The van der Waals surface area contributed by atoms with E-state index in [1.807, 2.05) is 18.2 Å². The smallest absolute Gasteiger partial charge is 0.214 e. The molecule has 4 nitrogen and oxygen atoms in total. The van der Waals surface area contributed by atoms with Crippen molar-refractivity contribution in [2.24, 2.45) is 0 Å². The zero-order valence-corrected chi connectivity index (χ0v) is 11.7. The van der Waals surface area contributed by atoms with Gasteiger partial charge in [-0.3, -0.25) is 0 Å². The van der Waals surface area contributed by atoms with E-state index in [0.717, 1.165) is 32.4 Å². The number of benzene rings is 1.